The van der Waals surface area contributed by atoms with Crippen molar-refractivity contribution in [1.82, 2.24) is 10.2 Å². The van der Waals surface area contributed by atoms with E-state index in [9.17, 15) is 0 Å². The third-order valence-corrected chi connectivity index (χ3v) is 2.22. The average Bonchev–Trinajstić information content (AvgIpc) is 1.85. The molecule has 12 heavy (non-hydrogen) atoms. The summed E-state index contributed by atoms with van der Waals surface area (Å²) in [6.07, 6.45) is 0. The Bertz CT molecular complexity index is 153. The van der Waals surface area contributed by atoms with E-state index < -0.39 is 0 Å². The molecule has 0 aromatic heterocycles. The zero-order valence-electron chi connectivity index (χ0n) is 8.45. The fraction of sp³-hybridized carbons (Fsp3) is 0.778. The van der Waals surface area contributed by atoms with Gasteiger partial charge in [-0.2, -0.15) is 0 Å². The number of likely N-dealkylation sites (N-methyl/N-ethyl adjacent to an activating group) is 1. The molecule has 0 aromatic carbocycles. The molecule has 0 fully saturated rings. The number of rotatable bonds is 5. The fourth-order valence-electron chi connectivity index (χ4n) is 0.662. The first kappa shape index (κ1) is 11.9. The zero-order valence-corrected chi connectivity index (χ0v) is 9.20. The molecule has 0 rings (SSSR count). The topological polar surface area (TPSA) is 15.3 Å². The Balaban J connectivity index is 3.69. The lowest BCUT2D eigenvalue weighted by Crippen LogP contribution is -2.46. The van der Waals surface area contributed by atoms with Gasteiger partial charge in [0.05, 0.1) is 0 Å². The Morgan fingerprint density at radius 1 is 1.50 bits per heavy atom. The van der Waals surface area contributed by atoms with Crippen molar-refractivity contribution >= 4 is 11.6 Å². The fourth-order valence-corrected chi connectivity index (χ4v) is 0.757. The zero-order chi connectivity index (χ0) is 9.78. The highest BCUT2D eigenvalue weighted by atomic mass is 35.5. The van der Waals surface area contributed by atoms with Gasteiger partial charge in [-0.25, -0.2) is 0 Å². The van der Waals surface area contributed by atoms with Gasteiger partial charge in [-0.1, -0.05) is 18.2 Å². The number of hydrogen-bond acceptors (Lipinski definition) is 2. The van der Waals surface area contributed by atoms with Gasteiger partial charge >= 0.3 is 0 Å². The van der Waals surface area contributed by atoms with Crippen molar-refractivity contribution in [1.29, 1.82) is 0 Å². The van der Waals surface area contributed by atoms with Gasteiger partial charge in [0.1, 0.15) is 0 Å². The molecule has 0 radical (unpaired) electrons. The molecule has 2 nitrogen and oxygen atoms in total. The normalized spacial score (nSPS) is 12.2. The molecule has 0 atom stereocenters. The lowest BCUT2D eigenvalue weighted by Gasteiger charge is -2.32. The maximum Gasteiger partial charge on any atom is 0.0308 e. The highest BCUT2D eigenvalue weighted by molar-refractivity contribution is 6.29. The summed E-state index contributed by atoms with van der Waals surface area (Å²) < 4.78 is 0. The minimum atomic E-state index is 0.159. The third kappa shape index (κ3) is 4.75. The molecule has 0 heterocycles. The van der Waals surface area contributed by atoms with Crippen LogP contribution in [0.25, 0.3) is 0 Å². The summed E-state index contributed by atoms with van der Waals surface area (Å²) >= 11 is 5.62. The summed E-state index contributed by atoms with van der Waals surface area (Å²) in [6.45, 7) is 9.55. The van der Waals surface area contributed by atoms with Crippen molar-refractivity contribution in [2.24, 2.45) is 0 Å². The summed E-state index contributed by atoms with van der Waals surface area (Å²) in [5, 5.41) is 3.89. The number of nitrogens with zero attached hydrogens (tertiary/aromatic N) is 1. The molecule has 0 saturated carbocycles. The second kappa shape index (κ2) is 4.85. The van der Waals surface area contributed by atoms with Crippen molar-refractivity contribution in [3.8, 4) is 0 Å². The second-order valence-electron chi connectivity index (χ2n) is 3.83. The molecule has 0 aliphatic carbocycles. The van der Waals surface area contributed by atoms with Crippen molar-refractivity contribution < 1.29 is 0 Å². The molecule has 3 heteroatoms. The predicted molar refractivity (Wildman–Crippen MR) is 55.6 cm³/mol. The van der Waals surface area contributed by atoms with Gasteiger partial charge in [0.15, 0.2) is 0 Å². The molecule has 0 bridgehead atoms. The van der Waals surface area contributed by atoms with E-state index in [0.29, 0.717) is 11.6 Å². The van der Waals surface area contributed by atoms with E-state index in [2.05, 4.69) is 44.7 Å². The van der Waals surface area contributed by atoms with Gasteiger partial charge in [-0.3, -0.25) is 0 Å². The average molecular weight is 191 g/mol. The van der Waals surface area contributed by atoms with Crippen molar-refractivity contribution in [3.05, 3.63) is 11.6 Å². The summed E-state index contributed by atoms with van der Waals surface area (Å²) in [7, 11) is 4.13. The van der Waals surface area contributed by atoms with Gasteiger partial charge in [0, 0.05) is 23.7 Å². The van der Waals surface area contributed by atoms with Crippen LogP contribution in [0.15, 0.2) is 11.6 Å². The molecule has 0 amide bonds. The number of halogens is 1. The molecule has 1 N–H and O–H groups in total. The smallest absolute Gasteiger partial charge is 0.0308 e. The maximum atomic E-state index is 5.62. The summed E-state index contributed by atoms with van der Waals surface area (Å²) in [5.74, 6) is 0. The quantitative estimate of drug-likeness (QED) is 0.710. The Hall–Kier alpha value is -0.0500. The molecule has 0 aliphatic heterocycles. The lowest BCUT2D eigenvalue weighted by atomic mass is 10.0. The van der Waals surface area contributed by atoms with Crippen LogP contribution in [0.5, 0.6) is 0 Å². The van der Waals surface area contributed by atoms with E-state index in [4.69, 9.17) is 11.6 Å². The molecule has 0 unspecified atom stereocenters. The van der Waals surface area contributed by atoms with Gasteiger partial charge in [-0.05, 0) is 27.9 Å². The van der Waals surface area contributed by atoms with Crippen molar-refractivity contribution in [3.63, 3.8) is 0 Å². The van der Waals surface area contributed by atoms with Crippen LogP contribution in [0.4, 0.5) is 0 Å². The monoisotopic (exact) mass is 190 g/mol. The first-order chi connectivity index (χ1) is 5.36. The van der Waals surface area contributed by atoms with E-state index in [-0.39, 0.29) is 5.54 Å². The molecular formula is C9H19ClN2. The minimum Gasteiger partial charge on any atom is -0.310 e. The van der Waals surface area contributed by atoms with E-state index in [1.54, 1.807) is 0 Å². The van der Waals surface area contributed by atoms with Crippen LogP contribution in [0.1, 0.15) is 13.8 Å². The molecular weight excluding hydrogens is 172 g/mol. The minimum absolute atomic E-state index is 0.159. The molecule has 0 aromatic rings. The molecule has 0 spiro atoms. The first-order valence-corrected chi connectivity index (χ1v) is 4.45. The molecule has 0 saturated heterocycles. The first-order valence-electron chi connectivity index (χ1n) is 4.07. The van der Waals surface area contributed by atoms with Gasteiger partial charge in [0.2, 0.25) is 0 Å². The summed E-state index contributed by atoms with van der Waals surface area (Å²) in [4.78, 5) is 2.18. The van der Waals surface area contributed by atoms with Crippen LogP contribution in [0.2, 0.25) is 0 Å². The van der Waals surface area contributed by atoms with Crippen LogP contribution in [-0.4, -0.2) is 37.6 Å². The van der Waals surface area contributed by atoms with E-state index in [1.807, 2.05) is 0 Å². The Morgan fingerprint density at radius 2 is 2.00 bits per heavy atom. The highest BCUT2D eigenvalue weighted by Gasteiger charge is 2.19. The lowest BCUT2D eigenvalue weighted by molar-refractivity contribution is 0.192. The Kier molecular flexibility index (Phi) is 4.83. The van der Waals surface area contributed by atoms with E-state index in [1.165, 1.54) is 0 Å². The largest absolute Gasteiger partial charge is 0.310 e. The summed E-state index contributed by atoms with van der Waals surface area (Å²) in [6, 6.07) is 0. The van der Waals surface area contributed by atoms with Gasteiger partial charge in [-0.15, -0.1) is 0 Å². The number of hydrogen-bond donors (Lipinski definition) is 1. The Morgan fingerprint density at radius 3 is 2.33 bits per heavy atom. The van der Waals surface area contributed by atoms with E-state index in [0.717, 1.165) is 6.54 Å². The van der Waals surface area contributed by atoms with Crippen LogP contribution in [0, 0.1) is 0 Å². The van der Waals surface area contributed by atoms with Crippen LogP contribution >= 0.6 is 11.6 Å². The maximum absolute atomic E-state index is 5.62. The Labute approximate surface area is 80.6 Å². The van der Waals surface area contributed by atoms with Crippen LogP contribution in [0.3, 0.4) is 0 Å². The standard InChI is InChI=1S/C9H19ClN2/c1-8(10)6-11-7-9(2,3)12(4)5/h11H,1,6-7H2,2-5H3. The molecule has 0 aliphatic rings. The SMILES string of the molecule is C=C(Cl)CNCC(C)(C)N(C)C. The van der Waals surface area contributed by atoms with Crippen LogP contribution < -0.4 is 5.32 Å². The second-order valence-corrected chi connectivity index (χ2v) is 4.36. The summed E-state index contributed by atoms with van der Waals surface area (Å²) in [5.41, 5.74) is 0.159. The van der Waals surface area contributed by atoms with Gasteiger partial charge < -0.3 is 10.2 Å². The van der Waals surface area contributed by atoms with E-state index >= 15 is 0 Å². The van der Waals surface area contributed by atoms with Gasteiger partial charge in [0.25, 0.3) is 0 Å². The van der Waals surface area contributed by atoms with Crippen molar-refractivity contribution in [2.75, 3.05) is 27.2 Å². The predicted octanol–water partition coefficient (Wildman–Crippen LogP) is 1.67. The van der Waals surface area contributed by atoms with Crippen LogP contribution in [-0.2, 0) is 0 Å². The number of nitrogens with one attached hydrogen (secondary N) is 1. The highest BCUT2D eigenvalue weighted by Crippen LogP contribution is 2.07. The third-order valence-electron chi connectivity index (χ3n) is 2.09. The van der Waals surface area contributed by atoms with Crippen molar-refractivity contribution in [2.45, 2.75) is 19.4 Å². The molecule has 72 valence electrons.